The molecule has 7 nitrogen and oxygen atoms in total. The molecule has 152 valence electrons. The number of sulfone groups is 1. The zero-order valence-electron chi connectivity index (χ0n) is 15.8. The molecule has 2 atom stereocenters. The van der Waals surface area contributed by atoms with Gasteiger partial charge in [0.1, 0.15) is 11.2 Å². The van der Waals surface area contributed by atoms with Gasteiger partial charge in [0.05, 0.1) is 16.9 Å². The molecule has 1 saturated carbocycles. The molecular weight excluding hydrogens is 384 g/mol. The molecule has 0 heterocycles. The van der Waals surface area contributed by atoms with Gasteiger partial charge in [-0.2, -0.15) is 0 Å². The van der Waals surface area contributed by atoms with Crippen molar-refractivity contribution >= 4 is 21.8 Å². The smallest absolute Gasteiger partial charge is 0.314 e. The first kappa shape index (κ1) is 20.4. The van der Waals surface area contributed by atoms with E-state index in [0.29, 0.717) is 18.3 Å². The number of carboxylic acid groups (broad SMARTS) is 2. The van der Waals surface area contributed by atoms with Crippen molar-refractivity contribution in [2.45, 2.75) is 42.9 Å². The molecule has 0 radical (unpaired) electrons. The minimum absolute atomic E-state index is 0.0199. The van der Waals surface area contributed by atoms with Crippen molar-refractivity contribution in [2.75, 3.05) is 12.9 Å². The molecule has 0 amide bonds. The summed E-state index contributed by atoms with van der Waals surface area (Å²) in [4.78, 5) is 24.2. The molecule has 2 aliphatic rings. The number of hydrogen-bond acceptors (Lipinski definition) is 5. The fraction of sp³-hybridized carbons (Fsp3) is 0.500. The number of ether oxygens (including phenoxy) is 1. The van der Waals surface area contributed by atoms with E-state index in [1.54, 1.807) is 6.08 Å². The van der Waals surface area contributed by atoms with Crippen LogP contribution in [0, 0.1) is 11.3 Å². The molecule has 2 aliphatic carbocycles. The number of hydrogen-bond donors (Lipinski definition) is 2. The van der Waals surface area contributed by atoms with Gasteiger partial charge in [-0.3, -0.25) is 9.59 Å². The molecule has 0 spiro atoms. The van der Waals surface area contributed by atoms with Gasteiger partial charge >= 0.3 is 11.9 Å². The van der Waals surface area contributed by atoms with E-state index in [1.807, 2.05) is 0 Å². The van der Waals surface area contributed by atoms with Crippen molar-refractivity contribution in [2.24, 2.45) is 11.3 Å². The summed E-state index contributed by atoms with van der Waals surface area (Å²) in [6.45, 7) is 1.89. The number of rotatable bonds is 7. The average molecular weight is 408 g/mol. The number of carbonyl (C=O) groups is 2. The molecule has 28 heavy (non-hydrogen) atoms. The fourth-order valence-corrected chi connectivity index (χ4v) is 4.29. The maximum absolute atomic E-state index is 12.4. The Morgan fingerprint density at radius 2 is 1.89 bits per heavy atom. The van der Waals surface area contributed by atoms with E-state index < -0.39 is 32.6 Å². The van der Waals surface area contributed by atoms with Gasteiger partial charge in [-0.25, -0.2) is 8.42 Å². The van der Waals surface area contributed by atoms with Crippen molar-refractivity contribution in [1.29, 1.82) is 0 Å². The summed E-state index contributed by atoms with van der Waals surface area (Å²) < 4.78 is 30.0. The third-order valence-corrected chi connectivity index (χ3v) is 6.70. The Balaban J connectivity index is 2.16. The Kier molecular flexibility index (Phi) is 5.04. The number of allylic oxidation sites excluding steroid dienone is 1. The van der Waals surface area contributed by atoms with Gasteiger partial charge in [-0.1, -0.05) is 12.2 Å². The lowest BCUT2D eigenvalue weighted by molar-refractivity contribution is -0.151. The molecule has 1 aromatic carbocycles. The monoisotopic (exact) mass is 408 g/mol. The summed E-state index contributed by atoms with van der Waals surface area (Å²) >= 11 is 0. The Hall–Kier alpha value is -2.35. The Labute approximate surface area is 163 Å². The van der Waals surface area contributed by atoms with E-state index in [4.69, 9.17) is 4.74 Å². The predicted molar refractivity (Wildman–Crippen MR) is 101 cm³/mol. The molecule has 8 heteroatoms. The van der Waals surface area contributed by atoms with Gasteiger partial charge < -0.3 is 14.9 Å². The highest BCUT2D eigenvalue weighted by Crippen LogP contribution is 2.48. The summed E-state index contributed by atoms with van der Waals surface area (Å²) in [5.74, 6) is -1.62. The maximum Gasteiger partial charge on any atom is 0.314 e. The number of carboxylic acids is 2. The minimum Gasteiger partial charge on any atom is -0.493 e. The van der Waals surface area contributed by atoms with E-state index >= 15 is 0 Å². The zero-order valence-corrected chi connectivity index (χ0v) is 16.7. The van der Waals surface area contributed by atoms with Crippen molar-refractivity contribution in [3.8, 4) is 5.75 Å². The summed E-state index contributed by atoms with van der Waals surface area (Å²) in [6.07, 6.45) is 6.03. The summed E-state index contributed by atoms with van der Waals surface area (Å²) in [5, 5.41) is 19.8. The first-order valence-corrected chi connectivity index (χ1v) is 11.0. The third kappa shape index (κ3) is 3.78. The van der Waals surface area contributed by atoms with Crippen LogP contribution in [0.2, 0.25) is 0 Å². The van der Waals surface area contributed by atoms with Gasteiger partial charge in [-0.05, 0) is 56.7 Å². The average Bonchev–Trinajstić information content (AvgIpc) is 3.43. The predicted octanol–water partition coefficient (Wildman–Crippen LogP) is 2.64. The minimum atomic E-state index is -3.58. The maximum atomic E-state index is 12.4. The fourth-order valence-electron chi connectivity index (χ4n) is 3.64. The van der Waals surface area contributed by atoms with Crippen LogP contribution in [0.3, 0.4) is 0 Å². The van der Waals surface area contributed by atoms with Crippen LogP contribution in [0.15, 0.2) is 35.2 Å². The highest BCUT2D eigenvalue weighted by Gasteiger charge is 2.51. The van der Waals surface area contributed by atoms with Gasteiger partial charge in [0, 0.05) is 11.8 Å². The SMILES string of the molecule is CC1(C(=O)O)C=CCC(C(=O)O)(c2cc(S(C)(=O)=O)ccc2OCC2CC2)C1. The van der Waals surface area contributed by atoms with Crippen LogP contribution in [-0.2, 0) is 24.8 Å². The van der Waals surface area contributed by atoms with Crippen molar-refractivity contribution in [3.63, 3.8) is 0 Å². The van der Waals surface area contributed by atoms with Crippen LogP contribution >= 0.6 is 0 Å². The molecule has 0 bridgehead atoms. The second-order valence-electron chi connectivity index (χ2n) is 8.08. The lowest BCUT2D eigenvalue weighted by Crippen LogP contribution is -2.45. The van der Waals surface area contributed by atoms with Crippen LogP contribution < -0.4 is 4.74 Å². The molecule has 0 aliphatic heterocycles. The normalized spacial score (nSPS) is 27.4. The molecular formula is C20H24O7S. The van der Waals surface area contributed by atoms with E-state index in [-0.39, 0.29) is 23.3 Å². The van der Waals surface area contributed by atoms with E-state index in [1.165, 1.54) is 31.2 Å². The summed E-state index contributed by atoms with van der Waals surface area (Å²) in [7, 11) is -3.58. The van der Waals surface area contributed by atoms with Crippen LogP contribution in [0.1, 0.15) is 38.2 Å². The Bertz CT molecular complexity index is 945. The standard InChI is InChI=1S/C20H24O7S/c1-19(17(21)22)8-3-9-20(12-19,18(23)24)15-10-14(28(2,25)26)6-7-16(15)27-11-13-4-5-13/h3,6-8,10,13H,4-5,9,11-12H2,1-2H3,(H,21,22)(H,23,24). The molecule has 2 N–H and O–H groups in total. The largest absolute Gasteiger partial charge is 0.493 e. The molecule has 1 fully saturated rings. The van der Waals surface area contributed by atoms with Gasteiger partial charge in [0.25, 0.3) is 0 Å². The lowest BCUT2D eigenvalue weighted by atomic mass is 9.63. The van der Waals surface area contributed by atoms with Crippen LogP contribution in [-0.4, -0.2) is 43.4 Å². The Morgan fingerprint density at radius 1 is 1.21 bits per heavy atom. The third-order valence-electron chi connectivity index (χ3n) is 5.59. The first-order chi connectivity index (χ1) is 13.0. The molecule has 3 rings (SSSR count). The topological polar surface area (TPSA) is 118 Å². The van der Waals surface area contributed by atoms with Gasteiger partial charge in [-0.15, -0.1) is 0 Å². The highest BCUT2D eigenvalue weighted by molar-refractivity contribution is 7.90. The van der Waals surface area contributed by atoms with Crippen molar-refractivity contribution in [1.82, 2.24) is 0 Å². The van der Waals surface area contributed by atoms with Gasteiger partial charge in [0.2, 0.25) is 0 Å². The summed E-state index contributed by atoms with van der Waals surface area (Å²) in [5.41, 5.74) is -2.77. The Morgan fingerprint density at radius 3 is 2.43 bits per heavy atom. The highest BCUT2D eigenvalue weighted by atomic mass is 32.2. The van der Waals surface area contributed by atoms with E-state index in [2.05, 4.69) is 0 Å². The van der Waals surface area contributed by atoms with Crippen LogP contribution in [0.25, 0.3) is 0 Å². The molecule has 0 saturated heterocycles. The quantitative estimate of drug-likeness (QED) is 0.666. The van der Waals surface area contributed by atoms with Crippen molar-refractivity contribution < 1.29 is 33.0 Å². The van der Waals surface area contributed by atoms with Crippen LogP contribution in [0.5, 0.6) is 5.75 Å². The summed E-state index contributed by atoms with van der Waals surface area (Å²) in [6, 6.07) is 4.20. The lowest BCUT2D eigenvalue weighted by Gasteiger charge is -2.39. The molecule has 2 unspecified atom stereocenters. The second-order valence-corrected chi connectivity index (χ2v) is 10.1. The number of benzene rings is 1. The van der Waals surface area contributed by atoms with Crippen LogP contribution in [0.4, 0.5) is 0 Å². The zero-order chi connectivity index (χ0) is 20.7. The number of aliphatic carboxylic acids is 2. The van der Waals surface area contributed by atoms with E-state index in [0.717, 1.165) is 19.1 Å². The van der Waals surface area contributed by atoms with Crippen molar-refractivity contribution in [3.05, 3.63) is 35.9 Å². The second kappa shape index (κ2) is 6.92. The molecule has 0 aromatic heterocycles. The first-order valence-electron chi connectivity index (χ1n) is 9.10. The van der Waals surface area contributed by atoms with Gasteiger partial charge in [0.15, 0.2) is 9.84 Å². The van der Waals surface area contributed by atoms with E-state index in [9.17, 15) is 28.2 Å². The molecule has 1 aromatic rings.